The van der Waals surface area contributed by atoms with Crippen molar-refractivity contribution in [3.05, 3.63) is 29.8 Å². The first-order valence-corrected chi connectivity index (χ1v) is 6.00. The summed E-state index contributed by atoms with van der Waals surface area (Å²) >= 11 is 0. The summed E-state index contributed by atoms with van der Waals surface area (Å²) in [5.74, 6) is -1.61. The standard InChI is InChI=1S/C13H13N5O3/c1-17-10(15)9(12(20)18(2)13(17)21)16-11(19)7-5-3-4-6-8(7)14/h3-6,15H,1-2H3,(H2,14,19)/p+1. The Morgan fingerprint density at radius 2 is 1.86 bits per heavy atom. The molecule has 0 unspecified atom stereocenters. The molecular weight excluding hydrogens is 274 g/mol. The van der Waals surface area contributed by atoms with Gasteiger partial charge in [-0.1, -0.05) is 12.1 Å². The topological polar surface area (TPSA) is 122 Å². The van der Waals surface area contributed by atoms with Crippen molar-refractivity contribution < 1.29 is 19.0 Å². The van der Waals surface area contributed by atoms with Crippen LogP contribution in [0.5, 0.6) is 0 Å². The molecular formula is C13H14N5O3+. The molecule has 8 nitrogen and oxygen atoms in total. The zero-order chi connectivity index (χ0) is 15.7. The molecule has 0 fully saturated rings. The Labute approximate surface area is 120 Å². The van der Waals surface area contributed by atoms with E-state index in [1.54, 1.807) is 18.2 Å². The zero-order valence-electron chi connectivity index (χ0n) is 11.5. The average molecular weight is 288 g/mol. The number of anilines is 1. The molecule has 0 aromatic heterocycles. The molecule has 0 saturated heterocycles. The van der Waals surface area contributed by atoms with Crippen molar-refractivity contribution in [1.82, 2.24) is 4.90 Å². The molecule has 1 aromatic carbocycles. The Balaban J connectivity index is 2.50. The minimum Gasteiger partial charge on any atom is -0.398 e. The summed E-state index contributed by atoms with van der Waals surface area (Å²) in [5, 5.41) is 0. The molecule has 0 spiro atoms. The lowest BCUT2D eigenvalue weighted by Crippen LogP contribution is -2.55. The molecule has 1 aliphatic heterocycles. The predicted octanol–water partition coefficient (Wildman–Crippen LogP) is -0.558. The molecule has 21 heavy (non-hydrogen) atoms. The third-order valence-electron chi connectivity index (χ3n) is 3.09. The van der Waals surface area contributed by atoms with Crippen molar-refractivity contribution in [2.24, 2.45) is 10.7 Å². The molecule has 0 bridgehead atoms. The van der Waals surface area contributed by atoms with Gasteiger partial charge in [0.15, 0.2) is 0 Å². The van der Waals surface area contributed by atoms with Gasteiger partial charge in [0.2, 0.25) is 5.71 Å². The van der Waals surface area contributed by atoms with E-state index in [0.29, 0.717) is 0 Å². The number of aliphatic imine (C=N–C) groups is 1. The van der Waals surface area contributed by atoms with Crippen LogP contribution in [0.15, 0.2) is 29.3 Å². The number of amides is 4. The normalized spacial score (nSPS) is 17.6. The molecule has 108 valence electrons. The van der Waals surface area contributed by atoms with E-state index in [1.165, 1.54) is 20.2 Å². The monoisotopic (exact) mass is 288 g/mol. The lowest BCUT2D eigenvalue weighted by molar-refractivity contribution is -0.401. The third kappa shape index (κ3) is 2.38. The van der Waals surface area contributed by atoms with Crippen molar-refractivity contribution in [3.8, 4) is 0 Å². The van der Waals surface area contributed by atoms with Crippen molar-refractivity contribution >= 4 is 35.1 Å². The molecule has 1 heterocycles. The lowest BCUT2D eigenvalue weighted by atomic mass is 10.1. The molecule has 8 heteroatoms. The minimum absolute atomic E-state index is 0.160. The van der Waals surface area contributed by atoms with Crippen LogP contribution in [0, 0.1) is 0 Å². The number of amidine groups is 1. The number of carbonyl (C=O) groups excluding carboxylic acids is 3. The Hall–Kier alpha value is -3.03. The number of nitrogens with two attached hydrogens (primary N) is 2. The number of nitrogens with zero attached hydrogens (tertiary/aromatic N) is 3. The first kappa shape index (κ1) is 14.4. The molecule has 0 aliphatic carbocycles. The first-order valence-electron chi connectivity index (χ1n) is 6.00. The second-order valence-electron chi connectivity index (χ2n) is 4.44. The van der Waals surface area contributed by atoms with Gasteiger partial charge in [0, 0.05) is 5.69 Å². The Morgan fingerprint density at radius 1 is 1.24 bits per heavy atom. The number of nitrogen functional groups attached to an aromatic ring is 1. The highest BCUT2D eigenvalue weighted by atomic mass is 16.2. The van der Waals surface area contributed by atoms with E-state index in [9.17, 15) is 14.4 Å². The van der Waals surface area contributed by atoms with E-state index in [2.05, 4.69) is 4.99 Å². The van der Waals surface area contributed by atoms with Crippen LogP contribution in [-0.4, -0.2) is 53.0 Å². The summed E-state index contributed by atoms with van der Waals surface area (Å²) in [7, 11) is 2.67. The smallest absolute Gasteiger partial charge is 0.398 e. The van der Waals surface area contributed by atoms with Gasteiger partial charge in [0.25, 0.3) is 11.7 Å². The van der Waals surface area contributed by atoms with Gasteiger partial charge in [-0.25, -0.2) is 9.59 Å². The molecule has 0 atom stereocenters. The van der Waals surface area contributed by atoms with Gasteiger partial charge >= 0.3 is 11.9 Å². The molecule has 0 saturated carbocycles. The Morgan fingerprint density at radius 3 is 2.48 bits per heavy atom. The highest BCUT2D eigenvalue weighted by molar-refractivity contribution is 6.68. The van der Waals surface area contributed by atoms with Crippen molar-refractivity contribution in [2.75, 3.05) is 19.8 Å². The molecule has 2 rings (SSSR count). The number of rotatable bonds is 1. The van der Waals surface area contributed by atoms with E-state index >= 15 is 0 Å². The van der Waals surface area contributed by atoms with E-state index in [0.717, 1.165) is 9.48 Å². The van der Waals surface area contributed by atoms with Crippen LogP contribution >= 0.6 is 0 Å². The van der Waals surface area contributed by atoms with Gasteiger partial charge in [-0.2, -0.15) is 14.5 Å². The summed E-state index contributed by atoms with van der Waals surface area (Å²) in [4.78, 5) is 40.3. The van der Waals surface area contributed by atoms with E-state index < -0.39 is 17.8 Å². The summed E-state index contributed by atoms with van der Waals surface area (Å²) in [6.07, 6.45) is 0. The maximum atomic E-state index is 12.1. The predicted molar refractivity (Wildman–Crippen MR) is 76.2 cm³/mol. The first-order chi connectivity index (χ1) is 9.84. The number of hydrogen-bond acceptors (Lipinski definition) is 5. The lowest BCUT2D eigenvalue weighted by Gasteiger charge is -2.17. The highest BCUT2D eigenvalue weighted by Crippen LogP contribution is 2.12. The van der Waals surface area contributed by atoms with Gasteiger partial charge in [-0.15, -0.1) is 0 Å². The van der Waals surface area contributed by atoms with Gasteiger partial charge in [-0.05, 0) is 12.1 Å². The summed E-state index contributed by atoms with van der Waals surface area (Å²) in [5.41, 5.74) is 11.5. The minimum atomic E-state index is -0.738. The van der Waals surface area contributed by atoms with E-state index in [1.807, 2.05) is 0 Å². The molecule has 1 aliphatic rings. The van der Waals surface area contributed by atoms with E-state index in [-0.39, 0.29) is 22.8 Å². The van der Waals surface area contributed by atoms with Crippen LogP contribution in [0.4, 0.5) is 10.5 Å². The van der Waals surface area contributed by atoms with Gasteiger partial charge < -0.3 is 11.5 Å². The second-order valence-corrected chi connectivity index (χ2v) is 4.44. The highest BCUT2D eigenvalue weighted by Gasteiger charge is 2.39. The fourth-order valence-corrected chi connectivity index (χ4v) is 1.80. The quantitative estimate of drug-likeness (QED) is 0.530. The Bertz CT molecular complexity index is 720. The number of urea groups is 1. The largest absolute Gasteiger partial charge is 0.445 e. The number of para-hydroxylation sites is 1. The van der Waals surface area contributed by atoms with Crippen LogP contribution < -0.4 is 11.5 Å². The van der Waals surface area contributed by atoms with E-state index in [4.69, 9.17) is 11.5 Å². The number of benzene rings is 1. The van der Waals surface area contributed by atoms with Crippen LogP contribution in [0.25, 0.3) is 0 Å². The summed E-state index contributed by atoms with van der Waals surface area (Å²) < 4.78 is 1.04. The Kier molecular flexibility index (Phi) is 3.53. The molecule has 4 N–H and O–H groups in total. The summed E-state index contributed by atoms with van der Waals surface area (Å²) in [6.45, 7) is 0. The molecule has 4 amide bonds. The van der Waals surface area contributed by atoms with Gasteiger partial charge in [0.1, 0.15) is 0 Å². The van der Waals surface area contributed by atoms with Crippen molar-refractivity contribution in [2.45, 2.75) is 0 Å². The van der Waals surface area contributed by atoms with Gasteiger partial charge in [-0.3, -0.25) is 4.79 Å². The van der Waals surface area contributed by atoms with Crippen LogP contribution in [0.2, 0.25) is 0 Å². The van der Waals surface area contributed by atoms with Crippen LogP contribution in [-0.2, 0) is 4.79 Å². The fourth-order valence-electron chi connectivity index (χ4n) is 1.80. The third-order valence-corrected chi connectivity index (χ3v) is 3.09. The van der Waals surface area contributed by atoms with Crippen LogP contribution in [0.1, 0.15) is 10.4 Å². The van der Waals surface area contributed by atoms with Crippen LogP contribution in [0.3, 0.4) is 0 Å². The van der Waals surface area contributed by atoms with Gasteiger partial charge in [0.05, 0.1) is 19.7 Å². The number of hydrogen-bond donors (Lipinski definition) is 2. The average Bonchev–Trinajstić information content (AvgIpc) is 2.48. The fraction of sp³-hybridized carbons (Fsp3) is 0.154. The maximum Gasteiger partial charge on any atom is 0.445 e. The second kappa shape index (κ2) is 5.16. The maximum absolute atomic E-state index is 12.1. The molecule has 0 radical (unpaired) electrons. The SMILES string of the molecule is CN1C(=O)C(=NC(=O)c2ccccc2N)C(N)=[N+](C)C1=O. The molecule has 1 aromatic rings. The number of imide groups is 1. The zero-order valence-corrected chi connectivity index (χ0v) is 11.5. The van der Waals surface area contributed by atoms with Crippen molar-refractivity contribution in [3.63, 3.8) is 0 Å². The summed E-state index contributed by atoms with van der Waals surface area (Å²) in [6, 6.07) is 5.74. The van der Waals surface area contributed by atoms with Crippen molar-refractivity contribution in [1.29, 1.82) is 0 Å². The number of carbonyl (C=O) groups is 3.